The number of nitrogens with two attached hydrogens (primary N) is 1. The zero-order valence-electron chi connectivity index (χ0n) is 8.98. The first-order chi connectivity index (χ1) is 7.08. The average Bonchev–Trinajstić information content (AvgIpc) is 2.19. The molecule has 0 spiro atoms. The molecule has 0 saturated carbocycles. The van der Waals surface area contributed by atoms with E-state index in [0.29, 0.717) is 5.69 Å². The highest BCUT2D eigenvalue weighted by Crippen LogP contribution is 2.28. The molecule has 1 aromatic rings. The van der Waals surface area contributed by atoms with Gasteiger partial charge in [0.15, 0.2) is 0 Å². The van der Waals surface area contributed by atoms with Gasteiger partial charge in [-0.3, -0.25) is 4.98 Å². The fourth-order valence-electron chi connectivity index (χ4n) is 1.92. The molecule has 1 saturated heterocycles. The molecular formula is C11H17N3O. The quantitative estimate of drug-likeness (QED) is 0.721. The van der Waals surface area contributed by atoms with Gasteiger partial charge in [0, 0.05) is 19.3 Å². The van der Waals surface area contributed by atoms with Gasteiger partial charge in [-0.2, -0.15) is 0 Å². The standard InChI is InChI=1S/C11H17N3O/c1-11(15)3-6-14(7-4-11)10-2-5-13-8-9(10)12/h2,5,8,15H,3-4,6-7,12H2,1H3. The first kappa shape index (κ1) is 10.2. The van der Waals surface area contributed by atoms with E-state index < -0.39 is 5.60 Å². The average molecular weight is 207 g/mol. The first-order valence-corrected chi connectivity index (χ1v) is 5.25. The number of anilines is 2. The molecule has 1 fully saturated rings. The molecule has 0 unspecified atom stereocenters. The van der Waals surface area contributed by atoms with E-state index in [2.05, 4.69) is 9.88 Å². The predicted octanol–water partition coefficient (Wildman–Crippen LogP) is 1.02. The molecule has 82 valence electrons. The molecule has 1 aliphatic heterocycles. The van der Waals surface area contributed by atoms with Crippen LogP contribution in [0.1, 0.15) is 19.8 Å². The van der Waals surface area contributed by atoms with Gasteiger partial charge in [0.25, 0.3) is 0 Å². The number of aliphatic hydroxyl groups is 1. The number of hydrogen-bond acceptors (Lipinski definition) is 4. The van der Waals surface area contributed by atoms with Gasteiger partial charge in [-0.1, -0.05) is 0 Å². The van der Waals surface area contributed by atoms with Crippen molar-refractivity contribution in [2.24, 2.45) is 0 Å². The Labute approximate surface area is 89.7 Å². The van der Waals surface area contributed by atoms with Gasteiger partial charge < -0.3 is 15.7 Å². The van der Waals surface area contributed by atoms with Crippen molar-refractivity contribution >= 4 is 11.4 Å². The molecule has 2 rings (SSSR count). The van der Waals surface area contributed by atoms with Crippen LogP contribution in [-0.4, -0.2) is 28.8 Å². The van der Waals surface area contributed by atoms with E-state index in [1.807, 2.05) is 13.0 Å². The lowest BCUT2D eigenvalue weighted by Gasteiger charge is -2.37. The SMILES string of the molecule is CC1(O)CCN(c2ccncc2N)CC1. The molecule has 4 heteroatoms. The smallest absolute Gasteiger partial charge is 0.0738 e. The summed E-state index contributed by atoms with van der Waals surface area (Å²) in [5, 5.41) is 9.84. The largest absolute Gasteiger partial charge is 0.396 e. The van der Waals surface area contributed by atoms with Crippen molar-refractivity contribution in [3.8, 4) is 0 Å². The highest BCUT2D eigenvalue weighted by Gasteiger charge is 2.27. The first-order valence-electron chi connectivity index (χ1n) is 5.25. The number of aromatic nitrogens is 1. The Morgan fingerprint density at radius 1 is 1.47 bits per heavy atom. The number of pyridine rings is 1. The summed E-state index contributed by atoms with van der Waals surface area (Å²) >= 11 is 0. The van der Waals surface area contributed by atoms with Crippen molar-refractivity contribution in [3.63, 3.8) is 0 Å². The minimum Gasteiger partial charge on any atom is -0.396 e. The Bertz CT molecular complexity index is 341. The minimum atomic E-state index is -0.516. The summed E-state index contributed by atoms with van der Waals surface area (Å²) < 4.78 is 0. The van der Waals surface area contributed by atoms with E-state index in [9.17, 15) is 5.11 Å². The Morgan fingerprint density at radius 2 is 2.13 bits per heavy atom. The molecule has 0 atom stereocenters. The van der Waals surface area contributed by atoms with Crippen LogP contribution in [0.5, 0.6) is 0 Å². The third-order valence-electron chi connectivity index (χ3n) is 3.01. The van der Waals surface area contributed by atoms with Gasteiger partial charge >= 0.3 is 0 Å². The number of nitrogens with zero attached hydrogens (tertiary/aromatic N) is 2. The lowest BCUT2D eigenvalue weighted by molar-refractivity contribution is 0.0351. The molecular weight excluding hydrogens is 190 g/mol. The molecule has 0 radical (unpaired) electrons. The molecule has 3 N–H and O–H groups in total. The number of rotatable bonds is 1. The van der Waals surface area contributed by atoms with Crippen LogP contribution in [0.3, 0.4) is 0 Å². The second-order valence-electron chi connectivity index (χ2n) is 4.42. The van der Waals surface area contributed by atoms with Crippen LogP contribution < -0.4 is 10.6 Å². The molecule has 15 heavy (non-hydrogen) atoms. The zero-order valence-corrected chi connectivity index (χ0v) is 8.98. The van der Waals surface area contributed by atoms with Crippen LogP contribution >= 0.6 is 0 Å². The molecule has 0 amide bonds. The van der Waals surface area contributed by atoms with E-state index in [1.165, 1.54) is 0 Å². The fraction of sp³-hybridized carbons (Fsp3) is 0.545. The van der Waals surface area contributed by atoms with Gasteiger partial charge in [0.2, 0.25) is 0 Å². The third-order valence-corrected chi connectivity index (χ3v) is 3.01. The van der Waals surface area contributed by atoms with E-state index in [-0.39, 0.29) is 0 Å². The Balaban J connectivity index is 2.11. The van der Waals surface area contributed by atoms with Crippen LogP contribution in [0.2, 0.25) is 0 Å². The maximum atomic E-state index is 9.84. The summed E-state index contributed by atoms with van der Waals surface area (Å²) in [6.07, 6.45) is 4.99. The second-order valence-corrected chi connectivity index (χ2v) is 4.42. The normalized spacial score (nSPS) is 20.3. The predicted molar refractivity (Wildman–Crippen MR) is 60.7 cm³/mol. The van der Waals surface area contributed by atoms with Gasteiger partial charge in [-0.15, -0.1) is 0 Å². The number of hydrogen-bond donors (Lipinski definition) is 2. The second kappa shape index (κ2) is 3.70. The topological polar surface area (TPSA) is 62.4 Å². The van der Waals surface area contributed by atoms with E-state index in [1.54, 1.807) is 12.4 Å². The molecule has 1 aromatic heterocycles. The van der Waals surface area contributed by atoms with Crippen molar-refractivity contribution in [2.45, 2.75) is 25.4 Å². The van der Waals surface area contributed by atoms with Gasteiger partial charge in [0.1, 0.15) is 0 Å². The van der Waals surface area contributed by atoms with Crippen LogP contribution in [0.15, 0.2) is 18.5 Å². The molecule has 0 aliphatic carbocycles. The summed E-state index contributed by atoms with van der Waals surface area (Å²) in [6, 6.07) is 1.93. The maximum Gasteiger partial charge on any atom is 0.0738 e. The van der Waals surface area contributed by atoms with Crippen molar-refractivity contribution in [3.05, 3.63) is 18.5 Å². The molecule has 2 heterocycles. The summed E-state index contributed by atoms with van der Waals surface area (Å²) in [5.41, 5.74) is 7.07. The van der Waals surface area contributed by atoms with E-state index >= 15 is 0 Å². The maximum absolute atomic E-state index is 9.84. The number of piperidine rings is 1. The highest BCUT2D eigenvalue weighted by atomic mass is 16.3. The lowest BCUT2D eigenvalue weighted by Crippen LogP contribution is -2.42. The van der Waals surface area contributed by atoms with Crippen molar-refractivity contribution in [1.82, 2.24) is 4.98 Å². The van der Waals surface area contributed by atoms with Crippen molar-refractivity contribution < 1.29 is 5.11 Å². The van der Waals surface area contributed by atoms with Crippen LogP contribution in [-0.2, 0) is 0 Å². The van der Waals surface area contributed by atoms with E-state index in [4.69, 9.17) is 5.73 Å². The minimum absolute atomic E-state index is 0.516. The van der Waals surface area contributed by atoms with Crippen LogP contribution in [0, 0.1) is 0 Å². The third kappa shape index (κ3) is 2.21. The molecule has 0 aromatic carbocycles. The summed E-state index contributed by atoms with van der Waals surface area (Å²) in [4.78, 5) is 6.17. The van der Waals surface area contributed by atoms with Gasteiger partial charge in [-0.05, 0) is 25.8 Å². The van der Waals surface area contributed by atoms with Gasteiger partial charge in [-0.25, -0.2) is 0 Å². The Hall–Kier alpha value is -1.29. The summed E-state index contributed by atoms with van der Waals surface area (Å²) in [7, 11) is 0. The Morgan fingerprint density at radius 3 is 2.73 bits per heavy atom. The summed E-state index contributed by atoms with van der Waals surface area (Å²) in [6.45, 7) is 3.59. The fourth-order valence-corrected chi connectivity index (χ4v) is 1.92. The van der Waals surface area contributed by atoms with Crippen LogP contribution in [0.25, 0.3) is 0 Å². The van der Waals surface area contributed by atoms with Crippen LogP contribution in [0.4, 0.5) is 11.4 Å². The number of nitrogen functional groups attached to an aromatic ring is 1. The van der Waals surface area contributed by atoms with Crippen molar-refractivity contribution in [2.75, 3.05) is 23.7 Å². The van der Waals surface area contributed by atoms with Crippen molar-refractivity contribution in [1.29, 1.82) is 0 Å². The zero-order chi connectivity index (χ0) is 10.9. The lowest BCUT2D eigenvalue weighted by atomic mass is 9.93. The molecule has 4 nitrogen and oxygen atoms in total. The molecule has 1 aliphatic rings. The summed E-state index contributed by atoms with van der Waals surface area (Å²) in [5.74, 6) is 0. The van der Waals surface area contributed by atoms with Gasteiger partial charge in [0.05, 0.1) is 23.2 Å². The highest BCUT2D eigenvalue weighted by molar-refractivity contribution is 5.66. The monoisotopic (exact) mass is 207 g/mol. The molecule has 0 bridgehead atoms. The van der Waals surface area contributed by atoms with E-state index in [0.717, 1.165) is 31.6 Å². The Kier molecular flexibility index (Phi) is 2.52.